The molecule has 0 saturated carbocycles. The Hall–Kier alpha value is -1.75. The summed E-state index contributed by atoms with van der Waals surface area (Å²) in [4.78, 5) is 14.4. The monoisotopic (exact) mass is 291 g/mol. The maximum atomic E-state index is 11.9. The van der Waals surface area contributed by atoms with E-state index in [-0.39, 0.29) is 5.97 Å². The summed E-state index contributed by atoms with van der Waals surface area (Å²) in [5.41, 5.74) is 7.63. The van der Waals surface area contributed by atoms with Gasteiger partial charge in [-0.1, -0.05) is 0 Å². The van der Waals surface area contributed by atoms with Crippen molar-refractivity contribution >= 4 is 17.3 Å². The first-order chi connectivity index (χ1) is 10.2. The minimum atomic E-state index is -0.327. The zero-order valence-corrected chi connectivity index (χ0v) is 12.7. The molecule has 0 aromatic heterocycles. The summed E-state index contributed by atoms with van der Waals surface area (Å²) in [5.74, 6) is -0.327. The fraction of sp³-hybridized carbons (Fsp3) is 0.562. The van der Waals surface area contributed by atoms with Gasteiger partial charge in [-0.2, -0.15) is 0 Å². The van der Waals surface area contributed by atoms with Crippen molar-refractivity contribution in [2.24, 2.45) is 0 Å². The number of ether oxygens (including phenoxy) is 1. The van der Waals surface area contributed by atoms with E-state index >= 15 is 0 Å². The highest BCUT2D eigenvalue weighted by atomic mass is 16.5. The van der Waals surface area contributed by atoms with Gasteiger partial charge in [0.1, 0.15) is 0 Å². The number of benzene rings is 1. The normalized spacial score (nSPS) is 15.1. The van der Waals surface area contributed by atoms with Crippen molar-refractivity contribution in [3.63, 3.8) is 0 Å². The number of likely N-dealkylation sites (tertiary alicyclic amines) is 1. The molecule has 0 bridgehead atoms. The predicted molar refractivity (Wildman–Crippen MR) is 85.6 cm³/mol. The molecule has 3 N–H and O–H groups in total. The molecule has 0 amide bonds. The third-order valence-corrected chi connectivity index (χ3v) is 3.70. The average Bonchev–Trinajstić information content (AvgIpc) is 2.98. The molecular formula is C16H25N3O2. The minimum Gasteiger partial charge on any atom is -0.462 e. The van der Waals surface area contributed by atoms with E-state index in [0.29, 0.717) is 17.9 Å². The van der Waals surface area contributed by atoms with Crippen molar-refractivity contribution in [2.45, 2.75) is 26.2 Å². The van der Waals surface area contributed by atoms with Crippen LogP contribution in [0.25, 0.3) is 0 Å². The van der Waals surface area contributed by atoms with Crippen LogP contribution in [0.2, 0.25) is 0 Å². The first-order valence-electron chi connectivity index (χ1n) is 7.73. The number of nitrogens with one attached hydrogen (secondary N) is 1. The molecule has 0 atom stereocenters. The molecule has 0 radical (unpaired) electrons. The van der Waals surface area contributed by atoms with Gasteiger partial charge in [-0.05, 0) is 64.0 Å². The highest BCUT2D eigenvalue weighted by Gasteiger charge is 2.13. The number of anilines is 2. The quantitative estimate of drug-likeness (QED) is 0.458. The lowest BCUT2D eigenvalue weighted by molar-refractivity contribution is 0.0527. The molecule has 21 heavy (non-hydrogen) atoms. The Morgan fingerprint density at radius 2 is 2.14 bits per heavy atom. The van der Waals surface area contributed by atoms with Crippen LogP contribution in [-0.4, -0.2) is 43.7 Å². The summed E-state index contributed by atoms with van der Waals surface area (Å²) in [6.07, 6.45) is 3.70. The molecule has 1 aromatic carbocycles. The lowest BCUT2D eigenvalue weighted by atomic mass is 10.1. The molecule has 2 rings (SSSR count). The largest absolute Gasteiger partial charge is 0.462 e. The van der Waals surface area contributed by atoms with E-state index in [4.69, 9.17) is 10.5 Å². The number of esters is 1. The molecule has 1 aliphatic rings. The van der Waals surface area contributed by atoms with Gasteiger partial charge in [0.15, 0.2) is 0 Å². The summed E-state index contributed by atoms with van der Waals surface area (Å²) in [6.45, 7) is 6.55. The Balaban J connectivity index is 1.87. The summed E-state index contributed by atoms with van der Waals surface area (Å²) in [7, 11) is 0. The Kier molecular flexibility index (Phi) is 5.87. The zero-order chi connectivity index (χ0) is 15.1. The van der Waals surface area contributed by atoms with Crippen molar-refractivity contribution in [1.82, 2.24) is 4.90 Å². The van der Waals surface area contributed by atoms with Crippen molar-refractivity contribution in [2.75, 3.05) is 43.8 Å². The van der Waals surface area contributed by atoms with Gasteiger partial charge in [0.25, 0.3) is 0 Å². The minimum absolute atomic E-state index is 0.327. The van der Waals surface area contributed by atoms with Crippen LogP contribution in [0.15, 0.2) is 18.2 Å². The summed E-state index contributed by atoms with van der Waals surface area (Å²) >= 11 is 0. The molecule has 1 heterocycles. The van der Waals surface area contributed by atoms with Gasteiger partial charge < -0.3 is 20.7 Å². The Bertz CT molecular complexity index is 471. The summed E-state index contributed by atoms with van der Waals surface area (Å²) in [5, 5.41) is 3.32. The molecule has 5 heteroatoms. The Morgan fingerprint density at radius 3 is 2.86 bits per heavy atom. The van der Waals surface area contributed by atoms with Crippen molar-refractivity contribution < 1.29 is 9.53 Å². The van der Waals surface area contributed by atoms with Crippen molar-refractivity contribution in [3.8, 4) is 0 Å². The number of hydrogen-bond donors (Lipinski definition) is 2. The van der Waals surface area contributed by atoms with E-state index in [2.05, 4.69) is 10.2 Å². The van der Waals surface area contributed by atoms with Gasteiger partial charge in [0, 0.05) is 17.9 Å². The van der Waals surface area contributed by atoms with Gasteiger partial charge >= 0.3 is 5.97 Å². The third-order valence-electron chi connectivity index (χ3n) is 3.70. The Morgan fingerprint density at radius 1 is 1.38 bits per heavy atom. The van der Waals surface area contributed by atoms with E-state index < -0.39 is 0 Å². The second-order valence-electron chi connectivity index (χ2n) is 5.35. The maximum absolute atomic E-state index is 11.9. The van der Waals surface area contributed by atoms with Crippen molar-refractivity contribution in [1.29, 1.82) is 0 Å². The predicted octanol–water partition coefficient (Wildman–Crippen LogP) is 2.34. The van der Waals surface area contributed by atoms with Crippen LogP contribution >= 0.6 is 0 Å². The molecule has 0 unspecified atom stereocenters. The van der Waals surface area contributed by atoms with Crippen LogP contribution in [0.3, 0.4) is 0 Å². The van der Waals surface area contributed by atoms with Crippen molar-refractivity contribution in [3.05, 3.63) is 23.8 Å². The fourth-order valence-corrected chi connectivity index (χ4v) is 2.63. The number of hydrogen-bond acceptors (Lipinski definition) is 5. The van der Waals surface area contributed by atoms with Gasteiger partial charge in [0.05, 0.1) is 12.2 Å². The number of rotatable bonds is 7. The lowest BCUT2D eigenvalue weighted by Crippen LogP contribution is -2.22. The number of nitrogen functional groups attached to an aromatic ring is 1. The maximum Gasteiger partial charge on any atom is 0.340 e. The summed E-state index contributed by atoms with van der Waals surface area (Å²) in [6, 6.07) is 5.31. The van der Waals surface area contributed by atoms with Crippen LogP contribution < -0.4 is 11.1 Å². The van der Waals surface area contributed by atoms with E-state index in [0.717, 1.165) is 25.2 Å². The highest BCUT2D eigenvalue weighted by Crippen LogP contribution is 2.20. The van der Waals surface area contributed by atoms with E-state index in [1.807, 2.05) is 6.07 Å². The lowest BCUT2D eigenvalue weighted by Gasteiger charge is -2.16. The van der Waals surface area contributed by atoms with Gasteiger partial charge in [-0.15, -0.1) is 0 Å². The van der Waals surface area contributed by atoms with Crippen LogP contribution in [0.4, 0.5) is 11.4 Å². The first-order valence-corrected chi connectivity index (χ1v) is 7.73. The molecule has 116 valence electrons. The van der Waals surface area contributed by atoms with E-state index in [1.54, 1.807) is 19.1 Å². The molecular weight excluding hydrogens is 266 g/mol. The first kappa shape index (κ1) is 15.6. The standard InChI is InChI=1S/C16H25N3O2/c1-2-21-16(20)14-12-13(17)6-7-15(14)18-8-5-11-19-9-3-4-10-19/h6-7,12,18H,2-5,8-11,17H2,1H3. The fourth-order valence-electron chi connectivity index (χ4n) is 2.63. The van der Waals surface area contributed by atoms with Gasteiger partial charge in [-0.25, -0.2) is 4.79 Å². The van der Waals surface area contributed by atoms with E-state index in [9.17, 15) is 4.79 Å². The molecule has 0 spiro atoms. The number of nitrogens with zero attached hydrogens (tertiary/aromatic N) is 1. The zero-order valence-electron chi connectivity index (χ0n) is 12.7. The number of carbonyl (C=O) groups is 1. The smallest absolute Gasteiger partial charge is 0.340 e. The van der Waals surface area contributed by atoms with E-state index in [1.165, 1.54) is 25.9 Å². The third kappa shape index (κ3) is 4.63. The highest BCUT2D eigenvalue weighted by molar-refractivity contribution is 5.96. The molecule has 1 saturated heterocycles. The average molecular weight is 291 g/mol. The topological polar surface area (TPSA) is 67.6 Å². The second kappa shape index (κ2) is 7.88. The molecule has 0 aliphatic carbocycles. The second-order valence-corrected chi connectivity index (χ2v) is 5.35. The number of carbonyl (C=O) groups excluding carboxylic acids is 1. The Labute approximate surface area is 126 Å². The van der Waals surface area contributed by atoms with Crippen LogP contribution in [-0.2, 0) is 4.74 Å². The van der Waals surface area contributed by atoms with Crippen LogP contribution in [0.5, 0.6) is 0 Å². The SMILES string of the molecule is CCOC(=O)c1cc(N)ccc1NCCCN1CCCC1. The van der Waals surface area contributed by atoms with Gasteiger partial charge in [0.2, 0.25) is 0 Å². The molecule has 1 aromatic rings. The van der Waals surface area contributed by atoms with Crippen LogP contribution in [0.1, 0.15) is 36.5 Å². The number of nitrogens with two attached hydrogens (primary N) is 1. The molecule has 5 nitrogen and oxygen atoms in total. The van der Waals surface area contributed by atoms with Gasteiger partial charge in [-0.3, -0.25) is 0 Å². The van der Waals surface area contributed by atoms with Crippen LogP contribution in [0, 0.1) is 0 Å². The summed E-state index contributed by atoms with van der Waals surface area (Å²) < 4.78 is 5.07. The molecule has 1 fully saturated rings. The molecule has 1 aliphatic heterocycles.